The Morgan fingerprint density at radius 2 is 2.36 bits per heavy atom. The van der Waals surface area contributed by atoms with Crippen LogP contribution in [-0.2, 0) is 13.0 Å². The number of hydrogen-bond donors (Lipinski definition) is 1. The number of aromatic nitrogens is 1. The smallest absolute Gasteiger partial charge is 0.257 e. The summed E-state index contributed by atoms with van der Waals surface area (Å²) in [6.07, 6.45) is 0.953. The van der Waals surface area contributed by atoms with Crippen molar-refractivity contribution in [1.82, 2.24) is 9.88 Å². The van der Waals surface area contributed by atoms with E-state index in [1.54, 1.807) is 36.6 Å². The quantitative estimate of drug-likeness (QED) is 0.942. The van der Waals surface area contributed by atoms with Crippen molar-refractivity contribution in [3.8, 4) is 5.75 Å². The summed E-state index contributed by atoms with van der Waals surface area (Å²) in [6.45, 7) is 5.18. The molecule has 0 saturated carbocycles. The summed E-state index contributed by atoms with van der Waals surface area (Å²) in [5.41, 5.74) is 1.69. The lowest BCUT2D eigenvalue weighted by Crippen LogP contribution is -2.29. The van der Waals surface area contributed by atoms with E-state index in [1.165, 1.54) is 4.88 Å². The van der Waals surface area contributed by atoms with Gasteiger partial charge in [0.1, 0.15) is 5.75 Å². The largest absolute Gasteiger partial charge is 0.497 e. The van der Waals surface area contributed by atoms with Crippen LogP contribution in [0.25, 0.3) is 0 Å². The highest BCUT2D eigenvalue weighted by atomic mass is 32.1. The lowest BCUT2D eigenvalue weighted by molar-refractivity contribution is 0.102. The molecule has 2 heterocycles. The number of nitrogens with zero attached hydrogens (tertiary/aromatic N) is 2. The second kappa shape index (κ2) is 6.46. The third-order valence-electron chi connectivity index (χ3n) is 3.81. The molecule has 116 valence electrons. The van der Waals surface area contributed by atoms with Gasteiger partial charge in [0.15, 0.2) is 5.13 Å². The van der Waals surface area contributed by atoms with Gasteiger partial charge in [0.2, 0.25) is 0 Å². The lowest BCUT2D eigenvalue weighted by Gasteiger charge is -2.23. The topological polar surface area (TPSA) is 54.5 Å². The summed E-state index contributed by atoms with van der Waals surface area (Å²) >= 11 is 1.57. The van der Waals surface area contributed by atoms with Gasteiger partial charge in [-0.25, -0.2) is 4.98 Å². The number of ether oxygens (including phenoxy) is 1. The Morgan fingerprint density at radius 3 is 3.14 bits per heavy atom. The third kappa shape index (κ3) is 3.13. The number of benzene rings is 1. The van der Waals surface area contributed by atoms with Crippen LogP contribution < -0.4 is 10.1 Å². The predicted octanol–water partition coefficient (Wildman–Crippen LogP) is 2.78. The van der Waals surface area contributed by atoms with E-state index in [9.17, 15) is 4.79 Å². The molecular weight excluding hydrogens is 298 g/mol. The number of likely N-dealkylation sites (N-methyl/N-ethyl adjacent to an activating group) is 1. The average Bonchev–Trinajstić information content (AvgIpc) is 2.95. The molecule has 0 aliphatic carbocycles. The van der Waals surface area contributed by atoms with Crippen LogP contribution >= 0.6 is 11.3 Å². The number of amides is 1. The van der Waals surface area contributed by atoms with E-state index < -0.39 is 0 Å². The fourth-order valence-corrected chi connectivity index (χ4v) is 3.55. The van der Waals surface area contributed by atoms with Crippen molar-refractivity contribution in [3.63, 3.8) is 0 Å². The lowest BCUT2D eigenvalue weighted by atomic mass is 10.2. The predicted molar refractivity (Wildman–Crippen MR) is 87.7 cm³/mol. The Kier molecular flexibility index (Phi) is 4.40. The van der Waals surface area contributed by atoms with Crippen LogP contribution in [0.15, 0.2) is 24.3 Å². The Labute approximate surface area is 133 Å². The standard InChI is InChI=1S/C16H19N3O2S/c1-3-19-8-7-13-14(10-19)22-16(17-13)18-15(20)11-5-4-6-12(9-11)21-2/h4-6,9H,3,7-8,10H2,1-2H3,(H,17,18,20). The van der Waals surface area contributed by atoms with Gasteiger partial charge in [-0.05, 0) is 24.7 Å². The summed E-state index contributed by atoms with van der Waals surface area (Å²) in [7, 11) is 1.59. The molecule has 3 rings (SSSR count). The van der Waals surface area contributed by atoms with Gasteiger partial charge in [-0.3, -0.25) is 15.0 Å². The maximum Gasteiger partial charge on any atom is 0.257 e. The van der Waals surface area contributed by atoms with E-state index in [-0.39, 0.29) is 5.91 Å². The van der Waals surface area contributed by atoms with E-state index in [4.69, 9.17) is 4.74 Å². The number of fused-ring (bicyclic) bond motifs is 1. The number of methoxy groups -OCH3 is 1. The van der Waals surface area contributed by atoms with E-state index in [2.05, 4.69) is 22.1 Å². The van der Waals surface area contributed by atoms with Gasteiger partial charge >= 0.3 is 0 Å². The maximum absolute atomic E-state index is 12.3. The number of carbonyl (C=O) groups excluding carboxylic acids is 1. The monoisotopic (exact) mass is 317 g/mol. The Hall–Kier alpha value is -1.92. The van der Waals surface area contributed by atoms with Crippen LogP contribution in [0, 0.1) is 0 Å². The molecule has 0 saturated heterocycles. The van der Waals surface area contributed by atoms with Crippen molar-refractivity contribution in [2.75, 3.05) is 25.5 Å². The van der Waals surface area contributed by atoms with Gasteiger partial charge in [-0.2, -0.15) is 0 Å². The Morgan fingerprint density at radius 1 is 1.50 bits per heavy atom. The van der Waals surface area contributed by atoms with E-state index in [0.717, 1.165) is 31.7 Å². The van der Waals surface area contributed by atoms with Gasteiger partial charge in [-0.15, -0.1) is 11.3 Å². The first-order valence-electron chi connectivity index (χ1n) is 7.36. The molecule has 0 fully saturated rings. The zero-order valence-electron chi connectivity index (χ0n) is 12.8. The summed E-state index contributed by atoms with van der Waals surface area (Å²) in [5.74, 6) is 0.516. The van der Waals surface area contributed by atoms with Crippen molar-refractivity contribution >= 4 is 22.4 Å². The molecule has 0 spiro atoms. The van der Waals surface area contributed by atoms with Crippen molar-refractivity contribution in [1.29, 1.82) is 0 Å². The van der Waals surface area contributed by atoms with Crippen LogP contribution in [0.3, 0.4) is 0 Å². The first-order valence-corrected chi connectivity index (χ1v) is 8.17. The summed E-state index contributed by atoms with van der Waals surface area (Å²) in [5, 5.41) is 3.57. The van der Waals surface area contributed by atoms with Crippen LogP contribution in [0.2, 0.25) is 0 Å². The third-order valence-corrected chi connectivity index (χ3v) is 4.81. The number of anilines is 1. The highest BCUT2D eigenvalue weighted by molar-refractivity contribution is 7.15. The van der Waals surface area contributed by atoms with Gasteiger partial charge < -0.3 is 4.74 Å². The van der Waals surface area contributed by atoms with Crippen molar-refractivity contribution < 1.29 is 9.53 Å². The zero-order chi connectivity index (χ0) is 15.5. The molecular formula is C16H19N3O2S. The molecule has 1 aromatic heterocycles. The molecule has 5 nitrogen and oxygen atoms in total. The minimum atomic E-state index is -0.155. The minimum absolute atomic E-state index is 0.155. The molecule has 2 aromatic rings. The first-order chi connectivity index (χ1) is 10.7. The number of carbonyl (C=O) groups is 1. The SMILES string of the molecule is CCN1CCc2nc(NC(=O)c3cccc(OC)c3)sc2C1. The fourth-order valence-electron chi connectivity index (χ4n) is 2.51. The second-order valence-corrected chi connectivity index (χ2v) is 6.28. The molecule has 6 heteroatoms. The molecule has 0 bridgehead atoms. The number of thiazole rings is 1. The number of rotatable bonds is 4. The van der Waals surface area contributed by atoms with Crippen LogP contribution in [0.5, 0.6) is 5.75 Å². The molecule has 1 N–H and O–H groups in total. The zero-order valence-corrected chi connectivity index (χ0v) is 13.6. The van der Waals surface area contributed by atoms with Gasteiger partial charge in [-0.1, -0.05) is 13.0 Å². The van der Waals surface area contributed by atoms with Crippen molar-refractivity contribution in [3.05, 3.63) is 40.4 Å². The molecule has 1 aromatic carbocycles. The van der Waals surface area contributed by atoms with Crippen LogP contribution in [-0.4, -0.2) is 36.0 Å². The fraction of sp³-hybridized carbons (Fsp3) is 0.375. The van der Waals surface area contributed by atoms with Gasteiger partial charge in [0.05, 0.1) is 12.8 Å². The highest BCUT2D eigenvalue weighted by Gasteiger charge is 2.20. The first kappa shape index (κ1) is 15.0. The van der Waals surface area contributed by atoms with Crippen LogP contribution in [0.4, 0.5) is 5.13 Å². The van der Waals surface area contributed by atoms with Gasteiger partial charge in [0.25, 0.3) is 5.91 Å². The molecule has 0 unspecified atom stereocenters. The molecule has 0 atom stereocenters. The molecule has 0 radical (unpaired) electrons. The van der Waals surface area contributed by atoms with Gasteiger partial charge in [0, 0.05) is 30.0 Å². The Bertz CT molecular complexity index is 684. The number of hydrogen-bond acceptors (Lipinski definition) is 5. The highest BCUT2D eigenvalue weighted by Crippen LogP contribution is 2.28. The minimum Gasteiger partial charge on any atom is -0.497 e. The summed E-state index contributed by atoms with van der Waals surface area (Å²) < 4.78 is 5.15. The maximum atomic E-state index is 12.3. The molecule has 1 aliphatic rings. The van der Waals surface area contributed by atoms with E-state index >= 15 is 0 Å². The number of nitrogens with one attached hydrogen (secondary N) is 1. The van der Waals surface area contributed by atoms with Crippen molar-refractivity contribution in [2.45, 2.75) is 19.9 Å². The van der Waals surface area contributed by atoms with Crippen molar-refractivity contribution in [2.24, 2.45) is 0 Å². The van der Waals surface area contributed by atoms with E-state index in [1.807, 2.05) is 6.07 Å². The summed E-state index contributed by atoms with van der Waals surface area (Å²) in [6, 6.07) is 7.11. The van der Waals surface area contributed by atoms with E-state index in [0.29, 0.717) is 16.4 Å². The molecule has 1 aliphatic heterocycles. The molecule has 22 heavy (non-hydrogen) atoms. The summed E-state index contributed by atoms with van der Waals surface area (Å²) in [4.78, 5) is 20.5. The van der Waals surface area contributed by atoms with Crippen LogP contribution in [0.1, 0.15) is 27.9 Å². The second-order valence-electron chi connectivity index (χ2n) is 5.19. The normalized spacial score (nSPS) is 14.5. The average molecular weight is 317 g/mol. The molecule has 1 amide bonds. The Balaban J connectivity index is 1.73.